The molecule has 152 valence electrons. The number of nitrogens with zero attached hydrogens (tertiary/aromatic N) is 3. The van der Waals surface area contributed by atoms with Crippen molar-refractivity contribution in [1.29, 1.82) is 0 Å². The molecule has 5 rings (SSSR count). The van der Waals surface area contributed by atoms with Crippen molar-refractivity contribution < 1.29 is 9.59 Å². The second kappa shape index (κ2) is 7.53. The summed E-state index contributed by atoms with van der Waals surface area (Å²) >= 11 is 0. The lowest BCUT2D eigenvalue weighted by Gasteiger charge is -2.15. The number of anilines is 2. The number of carbonyl (C=O) groups is 2. The summed E-state index contributed by atoms with van der Waals surface area (Å²) in [5, 5.41) is 3.77. The molecule has 31 heavy (non-hydrogen) atoms. The Morgan fingerprint density at radius 1 is 1.00 bits per heavy atom. The van der Waals surface area contributed by atoms with E-state index in [9.17, 15) is 9.59 Å². The van der Waals surface area contributed by atoms with Gasteiger partial charge in [-0.1, -0.05) is 18.2 Å². The number of hydrogen-bond donors (Lipinski definition) is 2. The maximum absolute atomic E-state index is 13.2. The van der Waals surface area contributed by atoms with E-state index in [-0.39, 0.29) is 5.91 Å². The maximum Gasteiger partial charge on any atom is 0.319 e. The summed E-state index contributed by atoms with van der Waals surface area (Å²) in [4.78, 5) is 35.1. The van der Waals surface area contributed by atoms with Crippen LogP contribution in [-0.4, -0.2) is 28.5 Å². The third-order valence-electron chi connectivity index (χ3n) is 5.44. The van der Waals surface area contributed by atoms with Crippen LogP contribution in [0.1, 0.15) is 15.9 Å². The number of benzene rings is 2. The van der Waals surface area contributed by atoms with Gasteiger partial charge in [-0.25, -0.2) is 9.78 Å². The second-order valence-electron chi connectivity index (χ2n) is 7.35. The average molecular weight is 409 g/mol. The fourth-order valence-electron chi connectivity index (χ4n) is 3.94. The van der Waals surface area contributed by atoms with Crippen molar-refractivity contribution in [2.75, 3.05) is 16.8 Å². The smallest absolute Gasteiger partial charge is 0.319 e. The van der Waals surface area contributed by atoms with Crippen LogP contribution in [0.4, 0.5) is 16.2 Å². The van der Waals surface area contributed by atoms with Crippen LogP contribution in [0.3, 0.4) is 0 Å². The first-order valence-corrected chi connectivity index (χ1v) is 9.91. The van der Waals surface area contributed by atoms with Crippen molar-refractivity contribution in [1.82, 2.24) is 9.97 Å². The third-order valence-corrected chi connectivity index (χ3v) is 5.44. The SMILES string of the molecule is NC(=O)N1CCc2cc(NC(=O)c3cc(-c4ccncc4)nc4ccccc34)ccc21. The summed E-state index contributed by atoms with van der Waals surface area (Å²) in [7, 11) is 0. The van der Waals surface area contributed by atoms with Gasteiger partial charge in [0, 0.05) is 41.3 Å². The van der Waals surface area contributed by atoms with Crippen LogP contribution >= 0.6 is 0 Å². The number of urea groups is 1. The first kappa shape index (κ1) is 18.7. The number of primary amides is 1. The van der Waals surface area contributed by atoms with Gasteiger partial charge in [0.15, 0.2) is 0 Å². The minimum Gasteiger partial charge on any atom is -0.351 e. The van der Waals surface area contributed by atoms with Crippen molar-refractivity contribution in [2.24, 2.45) is 5.73 Å². The second-order valence-corrected chi connectivity index (χ2v) is 7.35. The minimum absolute atomic E-state index is 0.224. The van der Waals surface area contributed by atoms with Gasteiger partial charge in [-0.15, -0.1) is 0 Å². The summed E-state index contributed by atoms with van der Waals surface area (Å²) in [5.41, 5.74) is 10.7. The fourth-order valence-corrected chi connectivity index (χ4v) is 3.94. The maximum atomic E-state index is 13.2. The van der Waals surface area contributed by atoms with Gasteiger partial charge >= 0.3 is 6.03 Å². The summed E-state index contributed by atoms with van der Waals surface area (Å²) in [6.45, 7) is 0.548. The van der Waals surface area contributed by atoms with Crippen molar-refractivity contribution in [2.45, 2.75) is 6.42 Å². The number of amides is 3. The van der Waals surface area contributed by atoms with E-state index in [0.717, 1.165) is 27.7 Å². The molecule has 0 saturated heterocycles. The van der Waals surface area contributed by atoms with Crippen LogP contribution in [0, 0.1) is 0 Å². The standard InChI is InChI=1S/C24H19N5O2/c25-24(31)29-12-9-16-13-17(5-6-22(16)29)27-23(30)19-14-21(15-7-10-26-11-8-15)28-20-4-2-1-3-18(19)20/h1-8,10-11,13-14H,9,12H2,(H2,25,31)(H,27,30). The molecule has 3 N–H and O–H groups in total. The molecule has 0 atom stereocenters. The summed E-state index contributed by atoms with van der Waals surface area (Å²) in [6, 6.07) is 18.1. The van der Waals surface area contributed by atoms with Gasteiger partial charge in [0.05, 0.1) is 16.8 Å². The van der Waals surface area contributed by atoms with Crippen molar-refractivity contribution >= 4 is 34.2 Å². The number of nitrogens with two attached hydrogens (primary N) is 1. The lowest BCUT2D eigenvalue weighted by molar-refractivity contribution is 0.102. The monoisotopic (exact) mass is 409 g/mol. The first-order valence-electron chi connectivity index (χ1n) is 9.91. The van der Waals surface area contributed by atoms with Crippen LogP contribution in [0.5, 0.6) is 0 Å². The Kier molecular flexibility index (Phi) is 4.55. The van der Waals surface area contributed by atoms with Crippen LogP contribution in [0.15, 0.2) is 73.1 Å². The molecule has 0 bridgehead atoms. The number of nitrogens with one attached hydrogen (secondary N) is 1. The summed E-state index contributed by atoms with van der Waals surface area (Å²) in [5.74, 6) is -0.224. The van der Waals surface area contributed by atoms with Crippen molar-refractivity contribution in [3.8, 4) is 11.3 Å². The molecule has 0 radical (unpaired) electrons. The predicted molar refractivity (Wildman–Crippen MR) is 120 cm³/mol. The molecular formula is C24H19N5O2. The Morgan fingerprint density at radius 2 is 1.81 bits per heavy atom. The van der Waals surface area contributed by atoms with E-state index in [4.69, 9.17) is 10.7 Å². The largest absolute Gasteiger partial charge is 0.351 e. The van der Waals surface area contributed by atoms with Crippen LogP contribution in [0.25, 0.3) is 22.2 Å². The highest BCUT2D eigenvalue weighted by atomic mass is 16.2. The molecule has 1 aliphatic rings. The molecule has 0 unspecified atom stereocenters. The van der Waals surface area contributed by atoms with E-state index in [1.165, 1.54) is 4.90 Å². The molecule has 1 aliphatic heterocycles. The Labute approximate surface area is 178 Å². The molecule has 0 aliphatic carbocycles. The van der Waals surface area contributed by atoms with E-state index in [1.54, 1.807) is 24.5 Å². The lowest BCUT2D eigenvalue weighted by Crippen LogP contribution is -2.33. The number of pyridine rings is 2. The van der Waals surface area contributed by atoms with Crippen LogP contribution in [0.2, 0.25) is 0 Å². The molecule has 0 saturated carbocycles. The Morgan fingerprint density at radius 3 is 2.61 bits per heavy atom. The molecule has 0 fully saturated rings. The molecule has 2 aromatic heterocycles. The van der Waals surface area contributed by atoms with Gasteiger partial charge in [0.25, 0.3) is 5.91 Å². The van der Waals surface area contributed by atoms with E-state index >= 15 is 0 Å². The zero-order chi connectivity index (χ0) is 21.4. The van der Waals surface area contributed by atoms with Gasteiger partial charge in [0.1, 0.15) is 0 Å². The molecule has 0 spiro atoms. The van der Waals surface area contributed by atoms with Crippen LogP contribution in [-0.2, 0) is 6.42 Å². The number of fused-ring (bicyclic) bond motifs is 2. The zero-order valence-electron chi connectivity index (χ0n) is 16.6. The van der Waals surface area contributed by atoms with Gasteiger partial charge < -0.3 is 11.1 Å². The van der Waals surface area contributed by atoms with Gasteiger partial charge in [-0.05, 0) is 54.4 Å². The third kappa shape index (κ3) is 3.46. The summed E-state index contributed by atoms with van der Waals surface area (Å²) < 4.78 is 0. The Hall–Kier alpha value is -4.26. The number of para-hydroxylation sites is 1. The Balaban J connectivity index is 1.51. The number of aromatic nitrogens is 2. The highest BCUT2D eigenvalue weighted by Crippen LogP contribution is 2.31. The lowest BCUT2D eigenvalue weighted by atomic mass is 10.0. The normalized spacial score (nSPS) is 12.6. The molecule has 3 amide bonds. The van der Waals surface area contributed by atoms with Crippen LogP contribution < -0.4 is 16.0 Å². The average Bonchev–Trinajstić information content (AvgIpc) is 3.22. The molecule has 7 nitrogen and oxygen atoms in total. The molecule has 7 heteroatoms. The number of rotatable bonds is 3. The fraction of sp³-hybridized carbons (Fsp3) is 0.0833. The topological polar surface area (TPSA) is 101 Å². The van der Waals surface area contributed by atoms with Crippen molar-refractivity contribution in [3.05, 3.63) is 84.2 Å². The quantitative estimate of drug-likeness (QED) is 0.534. The number of hydrogen-bond acceptors (Lipinski definition) is 4. The highest BCUT2D eigenvalue weighted by Gasteiger charge is 2.23. The predicted octanol–water partition coefficient (Wildman–Crippen LogP) is 3.99. The minimum atomic E-state index is -0.470. The van der Waals surface area contributed by atoms with Gasteiger partial charge in [-0.2, -0.15) is 0 Å². The van der Waals surface area contributed by atoms with Gasteiger partial charge in [0.2, 0.25) is 0 Å². The van der Waals surface area contributed by atoms with E-state index < -0.39 is 6.03 Å². The Bertz CT molecular complexity index is 1320. The summed E-state index contributed by atoms with van der Waals surface area (Å²) in [6.07, 6.45) is 4.10. The molecular weight excluding hydrogens is 390 g/mol. The number of carbonyl (C=O) groups excluding carboxylic acids is 2. The van der Waals surface area contributed by atoms with Gasteiger partial charge in [-0.3, -0.25) is 14.7 Å². The van der Waals surface area contributed by atoms with Crippen molar-refractivity contribution in [3.63, 3.8) is 0 Å². The molecule has 2 aromatic carbocycles. The van der Waals surface area contributed by atoms with E-state index in [2.05, 4.69) is 10.3 Å². The molecule has 3 heterocycles. The van der Waals surface area contributed by atoms with E-state index in [0.29, 0.717) is 29.9 Å². The zero-order valence-corrected chi connectivity index (χ0v) is 16.6. The highest BCUT2D eigenvalue weighted by molar-refractivity contribution is 6.13. The first-order chi connectivity index (χ1) is 15.1. The molecule has 4 aromatic rings. The van der Waals surface area contributed by atoms with E-state index in [1.807, 2.05) is 48.5 Å².